The summed E-state index contributed by atoms with van der Waals surface area (Å²) < 4.78 is 32.6. The van der Waals surface area contributed by atoms with E-state index in [1.54, 1.807) is 0 Å². The standard InChI is InChI=1S/C28H32O17/c1-40-13-3-2-9(4-11(13)30)25-26(20(34)17-12(31)5-10(29)6-14(17)42-25)45-28-24(38)22(36)19(33)16(44-28)8-41-7-15-18(32)21(35)23(37)27(39)43-15/h2-6,15-16,18-19,21-24,27-33,35-39H,7-8H2,1H3. The molecule has 17 heteroatoms. The maximum atomic E-state index is 13.6. The summed E-state index contributed by atoms with van der Waals surface area (Å²) >= 11 is 0. The van der Waals surface area contributed by atoms with Gasteiger partial charge in [-0.3, -0.25) is 4.79 Å². The van der Waals surface area contributed by atoms with Gasteiger partial charge in [-0.1, -0.05) is 0 Å². The Bertz CT molecular complexity index is 1570. The molecule has 2 fully saturated rings. The van der Waals surface area contributed by atoms with Crippen molar-refractivity contribution in [3.05, 3.63) is 40.6 Å². The molecule has 0 amide bonds. The minimum Gasteiger partial charge on any atom is -0.508 e. The Labute approximate surface area is 252 Å². The van der Waals surface area contributed by atoms with Crippen LogP contribution >= 0.6 is 0 Å². The number of aliphatic hydroxyl groups excluding tert-OH is 7. The van der Waals surface area contributed by atoms with E-state index in [1.807, 2.05) is 0 Å². The first-order chi connectivity index (χ1) is 21.3. The van der Waals surface area contributed by atoms with E-state index in [2.05, 4.69) is 0 Å². The van der Waals surface area contributed by atoms with Gasteiger partial charge in [0.25, 0.3) is 0 Å². The lowest BCUT2D eigenvalue weighted by Crippen LogP contribution is -2.61. The Morgan fingerprint density at radius 3 is 2.04 bits per heavy atom. The summed E-state index contributed by atoms with van der Waals surface area (Å²) in [6.07, 6.45) is -17.2. The molecule has 5 rings (SSSR count). The largest absolute Gasteiger partial charge is 0.508 e. The molecule has 10 atom stereocenters. The van der Waals surface area contributed by atoms with Crippen LogP contribution in [0.2, 0.25) is 0 Å². The average molecular weight is 641 g/mol. The van der Waals surface area contributed by atoms with Gasteiger partial charge in [0.05, 0.1) is 20.3 Å². The molecule has 2 aliphatic heterocycles. The summed E-state index contributed by atoms with van der Waals surface area (Å²) in [6.45, 7) is -1.01. The number of phenolic OH excluding ortho intramolecular Hbond substituents is 3. The lowest BCUT2D eigenvalue weighted by Gasteiger charge is -2.41. The van der Waals surface area contributed by atoms with Crippen molar-refractivity contribution < 1.29 is 79.2 Å². The second kappa shape index (κ2) is 12.9. The Hall–Kier alpha value is -3.75. The van der Waals surface area contributed by atoms with Crippen molar-refractivity contribution in [2.24, 2.45) is 0 Å². The van der Waals surface area contributed by atoms with E-state index >= 15 is 0 Å². The van der Waals surface area contributed by atoms with Crippen LogP contribution in [0.3, 0.4) is 0 Å². The molecule has 2 saturated heterocycles. The quantitative estimate of drug-likeness (QED) is 0.123. The van der Waals surface area contributed by atoms with Crippen molar-refractivity contribution in [1.29, 1.82) is 0 Å². The normalized spacial score (nSPS) is 32.0. The monoisotopic (exact) mass is 640 g/mol. The van der Waals surface area contributed by atoms with Crippen molar-refractivity contribution >= 4 is 11.0 Å². The van der Waals surface area contributed by atoms with Crippen molar-refractivity contribution in [1.82, 2.24) is 0 Å². The van der Waals surface area contributed by atoms with Gasteiger partial charge in [0.15, 0.2) is 23.5 Å². The number of hydrogen-bond acceptors (Lipinski definition) is 17. The fourth-order valence-electron chi connectivity index (χ4n) is 5.03. The first-order valence-corrected chi connectivity index (χ1v) is 13.5. The maximum Gasteiger partial charge on any atom is 0.239 e. The SMILES string of the molecule is COc1ccc(-c2oc3cc(O)cc(O)c3c(=O)c2OC2OC(COCC3OC(O)C(O)C(O)C3O)C(O)C(O)C2O)cc1O. The van der Waals surface area contributed by atoms with Crippen LogP contribution in [0.4, 0.5) is 0 Å². The molecule has 17 nitrogen and oxygen atoms in total. The molecule has 0 spiro atoms. The van der Waals surface area contributed by atoms with Gasteiger partial charge >= 0.3 is 0 Å². The number of aromatic hydroxyl groups is 3. The molecular weight excluding hydrogens is 608 g/mol. The molecule has 1 aromatic heterocycles. The summed E-state index contributed by atoms with van der Waals surface area (Å²) in [7, 11) is 1.31. The molecule has 3 heterocycles. The van der Waals surface area contributed by atoms with Gasteiger partial charge in [-0.25, -0.2) is 0 Å². The highest BCUT2D eigenvalue weighted by atomic mass is 16.7. The van der Waals surface area contributed by atoms with Crippen LogP contribution in [0.1, 0.15) is 0 Å². The summed E-state index contributed by atoms with van der Waals surface area (Å²) in [5.74, 6) is -2.37. The molecule has 2 aliphatic rings. The van der Waals surface area contributed by atoms with E-state index in [4.69, 9.17) is 28.1 Å². The molecule has 10 N–H and O–H groups in total. The molecule has 2 aromatic carbocycles. The fourth-order valence-corrected chi connectivity index (χ4v) is 5.03. The molecule has 246 valence electrons. The fraction of sp³-hybridized carbons (Fsp3) is 0.464. The van der Waals surface area contributed by atoms with Gasteiger partial charge in [-0.05, 0) is 18.2 Å². The molecular formula is C28H32O17. The third kappa shape index (κ3) is 6.23. The van der Waals surface area contributed by atoms with Crippen LogP contribution in [-0.4, -0.2) is 133 Å². The Balaban J connectivity index is 1.43. The molecule has 0 aliphatic carbocycles. The summed E-state index contributed by atoms with van der Waals surface area (Å²) in [5, 5.41) is 101. The second-order valence-corrected chi connectivity index (χ2v) is 10.5. The number of hydrogen-bond donors (Lipinski definition) is 10. The number of benzene rings is 2. The lowest BCUT2D eigenvalue weighted by molar-refractivity contribution is -0.297. The average Bonchev–Trinajstić information content (AvgIpc) is 3.00. The maximum absolute atomic E-state index is 13.6. The number of methoxy groups -OCH3 is 1. The number of phenols is 3. The summed E-state index contributed by atoms with van der Waals surface area (Å²) in [6, 6.07) is 5.84. The highest BCUT2D eigenvalue weighted by molar-refractivity contribution is 5.88. The first-order valence-electron chi connectivity index (χ1n) is 13.5. The zero-order valence-electron chi connectivity index (χ0n) is 23.4. The van der Waals surface area contributed by atoms with Crippen molar-refractivity contribution in [2.75, 3.05) is 20.3 Å². The number of aliphatic hydroxyl groups is 7. The van der Waals surface area contributed by atoms with Gasteiger partial charge in [-0.2, -0.15) is 0 Å². The highest BCUT2D eigenvalue weighted by Crippen LogP contribution is 2.39. The number of fused-ring (bicyclic) bond motifs is 1. The Morgan fingerprint density at radius 1 is 0.756 bits per heavy atom. The molecule has 0 bridgehead atoms. The van der Waals surface area contributed by atoms with E-state index in [-0.39, 0.29) is 28.4 Å². The molecule has 0 radical (unpaired) electrons. The van der Waals surface area contributed by atoms with E-state index in [9.17, 15) is 55.9 Å². The van der Waals surface area contributed by atoms with Gasteiger partial charge in [0.2, 0.25) is 17.5 Å². The minimum absolute atomic E-state index is 0.0523. The second-order valence-electron chi connectivity index (χ2n) is 10.5. The van der Waals surface area contributed by atoms with Gasteiger partial charge in [0, 0.05) is 17.7 Å². The predicted octanol–water partition coefficient (Wildman–Crippen LogP) is -2.41. The number of ether oxygens (including phenoxy) is 5. The zero-order valence-corrected chi connectivity index (χ0v) is 23.4. The van der Waals surface area contributed by atoms with Crippen LogP contribution in [-0.2, 0) is 14.2 Å². The van der Waals surface area contributed by atoms with Crippen molar-refractivity contribution in [3.63, 3.8) is 0 Å². The van der Waals surface area contributed by atoms with Gasteiger partial charge in [0.1, 0.15) is 71.3 Å². The van der Waals surface area contributed by atoms with E-state index in [0.29, 0.717) is 0 Å². The van der Waals surface area contributed by atoms with Crippen LogP contribution < -0.4 is 14.9 Å². The minimum atomic E-state index is -1.95. The molecule has 0 saturated carbocycles. The Morgan fingerprint density at radius 2 is 1.40 bits per heavy atom. The van der Waals surface area contributed by atoms with Crippen LogP contribution in [0.5, 0.6) is 28.7 Å². The number of rotatable bonds is 8. The zero-order chi connectivity index (χ0) is 32.7. The molecule has 45 heavy (non-hydrogen) atoms. The predicted molar refractivity (Wildman–Crippen MR) is 146 cm³/mol. The van der Waals surface area contributed by atoms with Crippen LogP contribution in [0.25, 0.3) is 22.3 Å². The highest BCUT2D eigenvalue weighted by Gasteiger charge is 2.47. The van der Waals surface area contributed by atoms with Crippen LogP contribution in [0.15, 0.2) is 39.5 Å². The lowest BCUT2D eigenvalue weighted by atomic mass is 9.98. The third-order valence-electron chi connectivity index (χ3n) is 7.51. The third-order valence-corrected chi connectivity index (χ3v) is 7.51. The van der Waals surface area contributed by atoms with Crippen molar-refractivity contribution in [2.45, 2.75) is 61.4 Å². The molecule has 3 aromatic rings. The van der Waals surface area contributed by atoms with E-state index in [1.165, 1.54) is 25.3 Å². The topological polar surface area (TPSA) is 279 Å². The first kappa shape index (κ1) is 32.6. The van der Waals surface area contributed by atoms with Crippen LogP contribution in [0, 0.1) is 0 Å². The van der Waals surface area contributed by atoms with Crippen molar-refractivity contribution in [3.8, 4) is 40.1 Å². The summed E-state index contributed by atoms with van der Waals surface area (Å²) in [4.78, 5) is 13.6. The smallest absolute Gasteiger partial charge is 0.239 e. The van der Waals surface area contributed by atoms with E-state index in [0.717, 1.165) is 12.1 Å². The Kier molecular flexibility index (Phi) is 9.38. The van der Waals surface area contributed by atoms with Gasteiger partial charge in [-0.15, -0.1) is 0 Å². The molecule has 10 unspecified atom stereocenters. The summed E-state index contributed by atoms with van der Waals surface area (Å²) in [5.41, 5.74) is -1.21. The van der Waals surface area contributed by atoms with Gasteiger partial charge < -0.3 is 79.2 Å². The van der Waals surface area contributed by atoms with E-state index < -0.39 is 103 Å².